The Labute approximate surface area is 127 Å². The Bertz CT molecular complexity index is 596. The Morgan fingerprint density at radius 3 is 2.33 bits per heavy atom. The van der Waals surface area contributed by atoms with E-state index in [4.69, 9.17) is 0 Å². The maximum Gasteiger partial charge on any atom is 0.0886 e. The molecule has 0 bridgehead atoms. The summed E-state index contributed by atoms with van der Waals surface area (Å²) in [6.45, 7) is 4.46. The van der Waals surface area contributed by atoms with Crippen molar-refractivity contribution in [2.24, 2.45) is 5.92 Å². The smallest absolute Gasteiger partial charge is 0.0886 e. The number of aliphatic hydroxyl groups excluding tert-OH is 1. The van der Waals surface area contributed by atoms with E-state index in [1.165, 1.54) is 11.1 Å². The van der Waals surface area contributed by atoms with Crippen LogP contribution in [0.25, 0.3) is 0 Å². The number of hydrogen-bond acceptors (Lipinski definition) is 1. The fourth-order valence-corrected chi connectivity index (χ4v) is 3.31. The van der Waals surface area contributed by atoms with Crippen molar-refractivity contribution in [1.82, 2.24) is 0 Å². The Morgan fingerprint density at radius 1 is 1.00 bits per heavy atom. The molecular formula is C20H24O. The van der Waals surface area contributed by atoms with Crippen LogP contribution in [0.4, 0.5) is 0 Å². The molecule has 0 amide bonds. The van der Waals surface area contributed by atoms with Gasteiger partial charge in [0.1, 0.15) is 0 Å². The summed E-state index contributed by atoms with van der Waals surface area (Å²) >= 11 is 0. The van der Waals surface area contributed by atoms with E-state index >= 15 is 0 Å². The molecule has 21 heavy (non-hydrogen) atoms. The van der Waals surface area contributed by atoms with Gasteiger partial charge in [0.25, 0.3) is 0 Å². The van der Waals surface area contributed by atoms with Crippen LogP contribution in [0.3, 0.4) is 0 Å². The summed E-state index contributed by atoms with van der Waals surface area (Å²) in [6.07, 6.45) is 2.82. The highest BCUT2D eigenvalue weighted by atomic mass is 16.3. The molecule has 1 heteroatoms. The molecule has 0 saturated heterocycles. The standard InChI is InChI=1S/C20H24O/c1-15(2)13-16-7-6-8-17(14-16)19(21)20(11-12-20)18-9-4-3-5-10-18/h3-10,14-15,19,21H,11-13H2,1-2H3. The number of aliphatic hydroxyl groups is 1. The first kappa shape index (κ1) is 14.3. The lowest BCUT2D eigenvalue weighted by atomic mass is 9.85. The summed E-state index contributed by atoms with van der Waals surface area (Å²) in [5.74, 6) is 0.640. The number of benzene rings is 2. The fourth-order valence-electron chi connectivity index (χ4n) is 3.31. The lowest BCUT2D eigenvalue weighted by Gasteiger charge is -2.24. The minimum absolute atomic E-state index is 0.0578. The third-order valence-corrected chi connectivity index (χ3v) is 4.57. The topological polar surface area (TPSA) is 20.2 Å². The highest BCUT2D eigenvalue weighted by Crippen LogP contribution is 2.56. The first-order chi connectivity index (χ1) is 10.1. The fraction of sp³-hybridized carbons (Fsp3) is 0.400. The zero-order chi connectivity index (χ0) is 14.9. The van der Waals surface area contributed by atoms with Gasteiger partial charge in [-0.05, 0) is 41.9 Å². The average Bonchev–Trinajstić information content (AvgIpc) is 3.29. The van der Waals surface area contributed by atoms with Gasteiger partial charge < -0.3 is 5.11 Å². The molecule has 1 saturated carbocycles. The summed E-state index contributed by atoms with van der Waals surface area (Å²) in [7, 11) is 0. The van der Waals surface area contributed by atoms with Gasteiger partial charge in [-0.25, -0.2) is 0 Å². The van der Waals surface area contributed by atoms with E-state index in [0.717, 1.165) is 24.8 Å². The van der Waals surface area contributed by atoms with Crippen LogP contribution in [0.5, 0.6) is 0 Å². The Hall–Kier alpha value is -1.60. The van der Waals surface area contributed by atoms with Crippen molar-refractivity contribution in [3.8, 4) is 0 Å². The van der Waals surface area contributed by atoms with Crippen molar-refractivity contribution in [3.63, 3.8) is 0 Å². The van der Waals surface area contributed by atoms with Gasteiger partial charge in [-0.15, -0.1) is 0 Å². The predicted molar refractivity (Wildman–Crippen MR) is 87.3 cm³/mol. The Morgan fingerprint density at radius 2 is 1.71 bits per heavy atom. The minimum Gasteiger partial charge on any atom is -0.387 e. The van der Waals surface area contributed by atoms with Crippen LogP contribution in [0.15, 0.2) is 54.6 Å². The largest absolute Gasteiger partial charge is 0.387 e. The third kappa shape index (κ3) is 2.89. The molecule has 0 heterocycles. The van der Waals surface area contributed by atoms with E-state index in [-0.39, 0.29) is 5.41 Å². The van der Waals surface area contributed by atoms with E-state index in [2.05, 4.69) is 62.4 Å². The molecular weight excluding hydrogens is 256 g/mol. The van der Waals surface area contributed by atoms with E-state index in [0.29, 0.717) is 5.92 Å². The molecule has 110 valence electrons. The SMILES string of the molecule is CC(C)Cc1cccc(C(O)C2(c3ccccc3)CC2)c1. The lowest BCUT2D eigenvalue weighted by Crippen LogP contribution is -2.18. The molecule has 1 fully saturated rings. The van der Waals surface area contributed by atoms with Gasteiger partial charge >= 0.3 is 0 Å². The van der Waals surface area contributed by atoms with Crippen LogP contribution in [-0.2, 0) is 11.8 Å². The molecule has 2 aromatic carbocycles. The van der Waals surface area contributed by atoms with Crippen LogP contribution in [0, 0.1) is 5.92 Å². The molecule has 3 rings (SSSR count). The molecule has 0 aromatic heterocycles. The highest BCUT2D eigenvalue weighted by molar-refractivity contribution is 5.38. The van der Waals surface area contributed by atoms with Crippen molar-refractivity contribution >= 4 is 0 Å². The van der Waals surface area contributed by atoms with Crippen LogP contribution < -0.4 is 0 Å². The Balaban J connectivity index is 1.87. The second kappa shape index (κ2) is 5.65. The monoisotopic (exact) mass is 280 g/mol. The predicted octanol–water partition coefficient (Wildman–Crippen LogP) is 4.65. The summed E-state index contributed by atoms with van der Waals surface area (Å²) in [6, 6.07) is 19.0. The second-order valence-electron chi connectivity index (χ2n) is 6.77. The quantitative estimate of drug-likeness (QED) is 0.845. The maximum atomic E-state index is 10.9. The molecule has 0 aliphatic heterocycles. The first-order valence-corrected chi connectivity index (χ1v) is 7.94. The molecule has 1 N–H and O–H groups in total. The molecule has 2 aromatic rings. The third-order valence-electron chi connectivity index (χ3n) is 4.57. The van der Waals surface area contributed by atoms with Crippen LogP contribution in [0.1, 0.15) is 49.5 Å². The first-order valence-electron chi connectivity index (χ1n) is 7.94. The van der Waals surface area contributed by atoms with Gasteiger partial charge in [0.2, 0.25) is 0 Å². The summed E-state index contributed by atoms with van der Waals surface area (Å²) in [5.41, 5.74) is 3.60. The van der Waals surface area contributed by atoms with Gasteiger partial charge in [-0.3, -0.25) is 0 Å². The molecule has 0 radical (unpaired) electrons. The molecule has 1 unspecified atom stereocenters. The van der Waals surface area contributed by atoms with Crippen LogP contribution in [0.2, 0.25) is 0 Å². The zero-order valence-corrected chi connectivity index (χ0v) is 12.9. The van der Waals surface area contributed by atoms with E-state index in [1.54, 1.807) is 0 Å². The van der Waals surface area contributed by atoms with Crippen molar-refractivity contribution in [2.75, 3.05) is 0 Å². The van der Waals surface area contributed by atoms with Gasteiger partial charge in [-0.1, -0.05) is 68.4 Å². The van der Waals surface area contributed by atoms with E-state index in [1.807, 2.05) is 6.07 Å². The highest BCUT2D eigenvalue weighted by Gasteiger charge is 2.50. The van der Waals surface area contributed by atoms with Gasteiger partial charge in [-0.2, -0.15) is 0 Å². The summed E-state index contributed by atoms with van der Waals surface area (Å²) < 4.78 is 0. The maximum absolute atomic E-state index is 10.9. The van der Waals surface area contributed by atoms with Crippen molar-refractivity contribution in [3.05, 3.63) is 71.3 Å². The van der Waals surface area contributed by atoms with E-state index in [9.17, 15) is 5.11 Å². The molecule has 1 atom stereocenters. The van der Waals surface area contributed by atoms with Gasteiger partial charge in [0, 0.05) is 5.41 Å². The van der Waals surface area contributed by atoms with Gasteiger partial charge in [0.05, 0.1) is 6.10 Å². The molecule has 1 aliphatic carbocycles. The lowest BCUT2D eigenvalue weighted by molar-refractivity contribution is 0.133. The van der Waals surface area contributed by atoms with E-state index < -0.39 is 6.10 Å². The van der Waals surface area contributed by atoms with Crippen molar-refractivity contribution in [1.29, 1.82) is 0 Å². The molecule has 0 spiro atoms. The zero-order valence-electron chi connectivity index (χ0n) is 12.9. The van der Waals surface area contributed by atoms with Crippen molar-refractivity contribution < 1.29 is 5.11 Å². The summed E-state index contributed by atoms with van der Waals surface area (Å²) in [4.78, 5) is 0. The Kier molecular flexibility index (Phi) is 3.86. The normalized spacial score (nSPS) is 17.7. The number of rotatable bonds is 5. The summed E-state index contributed by atoms with van der Waals surface area (Å²) in [5, 5.41) is 10.9. The number of hydrogen-bond donors (Lipinski definition) is 1. The minimum atomic E-state index is -0.396. The van der Waals surface area contributed by atoms with Crippen LogP contribution in [-0.4, -0.2) is 5.11 Å². The second-order valence-corrected chi connectivity index (χ2v) is 6.77. The van der Waals surface area contributed by atoms with Crippen LogP contribution >= 0.6 is 0 Å². The molecule has 1 nitrogen and oxygen atoms in total. The van der Waals surface area contributed by atoms with Gasteiger partial charge in [0.15, 0.2) is 0 Å². The average molecular weight is 280 g/mol. The van der Waals surface area contributed by atoms with Crippen molar-refractivity contribution in [2.45, 2.75) is 44.6 Å². The molecule has 1 aliphatic rings.